The summed E-state index contributed by atoms with van der Waals surface area (Å²) in [5.74, 6) is -0.0212. The Hall–Kier alpha value is -2.99. The van der Waals surface area contributed by atoms with Gasteiger partial charge in [-0.25, -0.2) is 9.78 Å². The van der Waals surface area contributed by atoms with Gasteiger partial charge in [0.1, 0.15) is 10.6 Å². The number of aromatic nitrogens is 1. The first-order valence-corrected chi connectivity index (χ1v) is 10.4. The normalized spacial score (nSPS) is 11.3. The lowest BCUT2D eigenvalue weighted by molar-refractivity contribution is -0.130. The average molecular weight is 407 g/mol. The molecule has 0 saturated carbocycles. The van der Waals surface area contributed by atoms with Crippen molar-refractivity contribution in [3.63, 3.8) is 0 Å². The summed E-state index contributed by atoms with van der Waals surface area (Å²) >= 11 is 1.59. The maximum absolute atomic E-state index is 12.6. The van der Waals surface area contributed by atoms with Crippen LogP contribution in [0, 0.1) is 13.8 Å². The number of carbonyl (C=O) groups is 1. The standard InChI is InChI=1S/C23H22N2O3S/c1-14-8-9-16-15(2)17(23(27)28-19(16)12-14)10-11-22(26)25(3)13-21-24-18-6-4-5-7-20(18)29-21/h4-9,12H,10-11,13H2,1-3H3. The third-order valence-corrected chi connectivity index (χ3v) is 6.19. The van der Waals surface area contributed by atoms with Gasteiger partial charge in [-0.15, -0.1) is 11.3 Å². The first kappa shape index (κ1) is 19.3. The Morgan fingerprint density at radius 2 is 1.97 bits per heavy atom. The number of hydrogen-bond acceptors (Lipinski definition) is 5. The van der Waals surface area contributed by atoms with Crippen LogP contribution in [0.5, 0.6) is 0 Å². The SMILES string of the molecule is Cc1ccc2c(C)c(CCC(=O)N(C)Cc3nc4ccccc4s3)c(=O)oc2c1. The van der Waals surface area contributed by atoms with Crippen molar-refractivity contribution < 1.29 is 9.21 Å². The number of para-hydroxylation sites is 1. The molecule has 0 unspecified atom stereocenters. The van der Waals surface area contributed by atoms with E-state index >= 15 is 0 Å². The Bertz CT molecular complexity index is 1240. The van der Waals surface area contributed by atoms with Gasteiger partial charge in [-0.05, 0) is 49.6 Å². The van der Waals surface area contributed by atoms with Crippen LogP contribution in [-0.4, -0.2) is 22.8 Å². The first-order valence-electron chi connectivity index (χ1n) is 9.54. The second-order valence-electron chi connectivity index (χ2n) is 7.32. The highest BCUT2D eigenvalue weighted by atomic mass is 32.1. The summed E-state index contributed by atoms with van der Waals surface area (Å²) in [5.41, 5.74) is 3.69. The molecule has 0 spiro atoms. The van der Waals surface area contributed by atoms with Crippen LogP contribution < -0.4 is 5.63 Å². The van der Waals surface area contributed by atoms with Crippen molar-refractivity contribution in [2.45, 2.75) is 33.2 Å². The predicted octanol–water partition coefficient (Wildman–Crippen LogP) is 4.61. The minimum Gasteiger partial charge on any atom is -0.423 e. The van der Waals surface area contributed by atoms with E-state index in [1.165, 1.54) is 0 Å². The average Bonchev–Trinajstić information content (AvgIpc) is 3.09. The molecule has 2 aromatic heterocycles. The number of thiazole rings is 1. The van der Waals surface area contributed by atoms with Crippen molar-refractivity contribution in [1.29, 1.82) is 0 Å². The molecule has 29 heavy (non-hydrogen) atoms. The number of benzene rings is 2. The number of amides is 1. The van der Waals surface area contributed by atoms with Crippen LogP contribution in [0.25, 0.3) is 21.2 Å². The molecule has 5 nitrogen and oxygen atoms in total. The molecule has 4 rings (SSSR count). The molecule has 6 heteroatoms. The van der Waals surface area contributed by atoms with E-state index in [2.05, 4.69) is 4.98 Å². The van der Waals surface area contributed by atoms with Crippen LogP contribution in [0.1, 0.15) is 28.1 Å². The predicted molar refractivity (Wildman–Crippen MR) is 116 cm³/mol. The highest BCUT2D eigenvalue weighted by molar-refractivity contribution is 7.18. The van der Waals surface area contributed by atoms with Gasteiger partial charge in [0.25, 0.3) is 0 Å². The van der Waals surface area contributed by atoms with Gasteiger partial charge >= 0.3 is 5.63 Å². The summed E-state index contributed by atoms with van der Waals surface area (Å²) < 4.78 is 6.60. The maximum Gasteiger partial charge on any atom is 0.339 e. The number of fused-ring (bicyclic) bond motifs is 2. The molecule has 0 saturated heterocycles. The van der Waals surface area contributed by atoms with E-state index in [9.17, 15) is 9.59 Å². The van der Waals surface area contributed by atoms with E-state index in [0.29, 0.717) is 24.1 Å². The molecule has 2 heterocycles. The molecule has 4 aromatic rings. The minimum atomic E-state index is -0.359. The zero-order chi connectivity index (χ0) is 20.5. The van der Waals surface area contributed by atoms with E-state index < -0.39 is 0 Å². The molecule has 0 aliphatic rings. The van der Waals surface area contributed by atoms with E-state index in [-0.39, 0.29) is 18.0 Å². The Kier molecular flexibility index (Phi) is 5.20. The number of rotatable bonds is 5. The fourth-order valence-corrected chi connectivity index (χ4v) is 4.51. The second-order valence-corrected chi connectivity index (χ2v) is 8.43. The summed E-state index contributed by atoms with van der Waals surface area (Å²) in [7, 11) is 1.77. The van der Waals surface area contributed by atoms with Crippen LogP contribution in [-0.2, 0) is 17.8 Å². The molecular weight excluding hydrogens is 384 g/mol. The third-order valence-electron chi connectivity index (χ3n) is 5.17. The van der Waals surface area contributed by atoms with Gasteiger partial charge in [0.05, 0.1) is 16.8 Å². The largest absolute Gasteiger partial charge is 0.423 e. The summed E-state index contributed by atoms with van der Waals surface area (Å²) in [4.78, 5) is 31.3. The summed E-state index contributed by atoms with van der Waals surface area (Å²) in [6.07, 6.45) is 0.616. The molecule has 1 amide bonds. The molecular formula is C23H22N2O3S. The van der Waals surface area contributed by atoms with E-state index in [1.54, 1.807) is 23.3 Å². The molecule has 2 aromatic carbocycles. The third kappa shape index (κ3) is 3.93. The summed E-state index contributed by atoms with van der Waals surface area (Å²) in [5, 5.41) is 1.82. The zero-order valence-electron chi connectivity index (χ0n) is 16.7. The molecule has 0 atom stereocenters. The first-order chi connectivity index (χ1) is 13.9. The number of carbonyl (C=O) groups excluding carboxylic acids is 1. The van der Waals surface area contributed by atoms with Crippen molar-refractivity contribution in [3.05, 3.63) is 74.6 Å². The summed E-state index contributed by atoms with van der Waals surface area (Å²) in [6.45, 7) is 4.34. The second kappa shape index (κ2) is 7.79. The maximum atomic E-state index is 12.6. The van der Waals surface area contributed by atoms with Gasteiger partial charge in [-0.3, -0.25) is 4.79 Å². The molecule has 0 N–H and O–H groups in total. The number of aryl methyl sites for hydroxylation is 2. The lowest BCUT2D eigenvalue weighted by atomic mass is 10.0. The molecule has 0 bridgehead atoms. The summed E-state index contributed by atoms with van der Waals surface area (Å²) in [6, 6.07) is 13.8. The molecule has 0 radical (unpaired) electrons. The Morgan fingerprint density at radius 1 is 1.17 bits per heavy atom. The van der Waals surface area contributed by atoms with Crippen LogP contribution in [0.15, 0.2) is 51.7 Å². The smallest absolute Gasteiger partial charge is 0.339 e. The quantitative estimate of drug-likeness (QED) is 0.454. The Balaban J connectivity index is 1.47. The van der Waals surface area contributed by atoms with Gasteiger partial charge in [-0.2, -0.15) is 0 Å². The van der Waals surface area contributed by atoms with Crippen LogP contribution in [0.2, 0.25) is 0 Å². The van der Waals surface area contributed by atoms with Crippen LogP contribution in [0.3, 0.4) is 0 Å². The number of hydrogen-bond donors (Lipinski definition) is 0. The van der Waals surface area contributed by atoms with Crippen molar-refractivity contribution in [2.24, 2.45) is 0 Å². The Labute approximate surface area is 172 Å². The highest BCUT2D eigenvalue weighted by Gasteiger charge is 2.16. The highest BCUT2D eigenvalue weighted by Crippen LogP contribution is 2.23. The fraction of sp³-hybridized carbons (Fsp3) is 0.261. The van der Waals surface area contributed by atoms with Gasteiger partial charge in [0.15, 0.2) is 0 Å². The van der Waals surface area contributed by atoms with Gasteiger partial charge in [0, 0.05) is 24.4 Å². The molecule has 0 fully saturated rings. The van der Waals surface area contributed by atoms with Gasteiger partial charge < -0.3 is 9.32 Å². The van der Waals surface area contributed by atoms with Crippen molar-refractivity contribution in [2.75, 3.05) is 7.05 Å². The zero-order valence-corrected chi connectivity index (χ0v) is 17.5. The van der Waals surface area contributed by atoms with Crippen molar-refractivity contribution in [3.8, 4) is 0 Å². The van der Waals surface area contributed by atoms with Crippen molar-refractivity contribution in [1.82, 2.24) is 9.88 Å². The molecule has 0 aliphatic carbocycles. The van der Waals surface area contributed by atoms with Crippen molar-refractivity contribution >= 4 is 38.4 Å². The van der Waals surface area contributed by atoms with Gasteiger partial charge in [0.2, 0.25) is 5.91 Å². The fourth-order valence-electron chi connectivity index (χ4n) is 3.49. The van der Waals surface area contributed by atoms with Crippen LogP contribution in [0.4, 0.5) is 0 Å². The lowest BCUT2D eigenvalue weighted by Crippen LogP contribution is -2.27. The van der Waals surface area contributed by atoms with E-state index in [1.807, 2.05) is 56.3 Å². The van der Waals surface area contributed by atoms with E-state index in [4.69, 9.17) is 4.42 Å². The molecule has 148 valence electrons. The van der Waals surface area contributed by atoms with Gasteiger partial charge in [-0.1, -0.05) is 24.3 Å². The monoisotopic (exact) mass is 406 g/mol. The van der Waals surface area contributed by atoms with E-state index in [0.717, 1.165) is 31.7 Å². The lowest BCUT2D eigenvalue weighted by Gasteiger charge is -2.16. The topological polar surface area (TPSA) is 63.4 Å². The molecule has 0 aliphatic heterocycles. The number of nitrogens with zero attached hydrogens (tertiary/aromatic N) is 2. The Morgan fingerprint density at radius 3 is 2.76 bits per heavy atom. The minimum absolute atomic E-state index is 0.0212. The van der Waals surface area contributed by atoms with Crippen LogP contribution >= 0.6 is 11.3 Å².